The molecule has 2 fully saturated rings. The number of carbonyl (C=O) groups is 2. The van der Waals surface area contributed by atoms with Crippen LogP contribution in [0.2, 0.25) is 0 Å². The highest BCUT2D eigenvalue weighted by atomic mass is 16.7. The lowest BCUT2D eigenvalue weighted by atomic mass is 9.79. The molecular formula is C11H16O5. The lowest BCUT2D eigenvalue weighted by Crippen LogP contribution is -2.55. The van der Waals surface area contributed by atoms with Gasteiger partial charge in [0.25, 0.3) is 0 Å². The molecule has 0 aliphatic carbocycles. The molecule has 5 nitrogen and oxygen atoms in total. The minimum Gasteiger partial charge on any atom is -0.466 e. The fourth-order valence-corrected chi connectivity index (χ4v) is 2.27. The Morgan fingerprint density at radius 3 is 2.50 bits per heavy atom. The van der Waals surface area contributed by atoms with Crippen LogP contribution in [0.4, 0.5) is 0 Å². The van der Waals surface area contributed by atoms with Crippen molar-refractivity contribution in [1.82, 2.24) is 0 Å². The highest BCUT2D eigenvalue weighted by Gasteiger charge is 2.68. The van der Waals surface area contributed by atoms with Crippen LogP contribution in [0, 0.1) is 5.92 Å². The third kappa shape index (κ3) is 1.27. The predicted octanol–water partition coefficient (Wildman–Crippen LogP) is 0.659. The Bertz CT molecular complexity index is 352. The van der Waals surface area contributed by atoms with Gasteiger partial charge in [0.15, 0.2) is 5.60 Å². The van der Waals surface area contributed by atoms with Crippen LogP contribution in [0.1, 0.15) is 27.2 Å². The van der Waals surface area contributed by atoms with Crippen LogP contribution in [-0.2, 0) is 23.8 Å². The second kappa shape index (κ2) is 3.20. The summed E-state index contributed by atoms with van der Waals surface area (Å²) in [5.41, 5.74) is -2.00. The molecule has 2 saturated heterocycles. The zero-order chi connectivity index (χ0) is 12.1. The first-order chi connectivity index (χ1) is 7.36. The molecule has 2 aliphatic rings. The quantitative estimate of drug-likeness (QED) is 0.487. The summed E-state index contributed by atoms with van der Waals surface area (Å²) in [6, 6.07) is 0. The van der Waals surface area contributed by atoms with Gasteiger partial charge in [0, 0.05) is 5.92 Å². The number of methoxy groups -OCH3 is 1. The van der Waals surface area contributed by atoms with Crippen LogP contribution < -0.4 is 0 Å². The molecule has 0 amide bonds. The summed E-state index contributed by atoms with van der Waals surface area (Å²) in [5, 5.41) is 0. The first-order valence-corrected chi connectivity index (χ1v) is 5.36. The van der Waals surface area contributed by atoms with E-state index in [1.807, 2.05) is 13.8 Å². The normalized spacial score (nSPS) is 46.4. The summed E-state index contributed by atoms with van der Waals surface area (Å²) in [6.45, 7) is 5.27. The van der Waals surface area contributed by atoms with Crippen molar-refractivity contribution in [3.8, 4) is 0 Å². The van der Waals surface area contributed by atoms with E-state index in [0.29, 0.717) is 6.42 Å². The van der Waals surface area contributed by atoms with Gasteiger partial charge in [0.2, 0.25) is 5.60 Å². The van der Waals surface area contributed by atoms with Crippen LogP contribution in [0.5, 0.6) is 0 Å². The molecule has 0 N–H and O–H groups in total. The number of esters is 2. The highest BCUT2D eigenvalue weighted by molar-refractivity contribution is 5.90. The number of rotatable bonds is 1. The van der Waals surface area contributed by atoms with E-state index in [4.69, 9.17) is 9.47 Å². The van der Waals surface area contributed by atoms with Gasteiger partial charge in [0.1, 0.15) is 0 Å². The van der Waals surface area contributed by atoms with Gasteiger partial charge in [-0.25, -0.2) is 9.59 Å². The Kier molecular flexibility index (Phi) is 2.28. The monoisotopic (exact) mass is 228 g/mol. The van der Waals surface area contributed by atoms with Crippen molar-refractivity contribution >= 4 is 11.9 Å². The Labute approximate surface area is 94.0 Å². The van der Waals surface area contributed by atoms with Crippen molar-refractivity contribution in [3.63, 3.8) is 0 Å². The number of hydrogen-bond donors (Lipinski definition) is 0. The van der Waals surface area contributed by atoms with Gasteiger partial charge in [-0.2, -0.15) is 0 Å². The largest absolute Gasteiger partial charge is 0.466 e. The molecule has 2 heterocycles. The second-order valence-corrected chi connectivity index (χ2v) is 4.74. The third-order valence-electron chi connectivity index (χ3n) is 3.78. The molecular weight excluding hydrogens is 212 g/mol. The maximum Gasteiger partial charge on any atom is 0.350 e. The smallest absolute Gasteiger partial charge is 0.350 e. The molecule has 2 aliphatic heterocycles. The van der Waals surface area contributed by atoms with Gasteiger partial charge < -0.3 is 14.2 Å². The fraction of sp³-hybridized carbons (Fsp3) is 0.818. The molecule has 0 unspecified atom stereocenters. The number of ether oxygens (including phenoxy) is 3. The summed E-state index contributed by atoms with van der Waals surface area (Å²) in [4.78, 5) is 23.4. The number of hydrogen-bond acceptors (Lipinski definition) is 5. The standard InChI is InChI=1S/C11H16O5/c1-6-5-11(7(2)15-11)9(13)16-10(6,3)8(12)14-4/h6-7H,5H2,1-4H3/t6-,7-,10-,11+/m1/s1. The van der Waals surface area contributed by atoms with Crippen molar-refractivity contribution in [2.45, 2.75) is 44.5 Å². The molecule has 0 bridgehead atoms. The topological polar surface area (TPSA) is 65.1 Å². The van der Waals surface area contributed by atoms with Crippen LogP contribution in [-0.4, -0.2) is 36.4 Å². The van der Waals surface area contributed by atoms with E-state index in [1.165, 1.54) is 7.11 Å². The van der Waals surface area contributed by atoms with E-state index < -0.39 is 23.1 Å². The van der Waals surface area contributed by atoms with Crippen LogP contribution in [0.15, 0.2) is 0 Å². The Hall–Kier alpha value is -1.10. The number of carbonyl (C=O) groups excluding carboxylic acids is 2. The van der Waals surface area contributed by atoms with Crippen molar-refractivity contribution < 1.29 is 23.8 Å². The molecule has 90 valence electrons. The van der Waals surface area contributed by atoms with Gasteiger partial charge in [-0.3, -0.25) is 0 Å². The minimum atomic E-state index is -1.19. The molecule has 0 aromatic rings. The maximum absolute atomic E-state index is 11.8. The molecule has 4 atom stereocenters. The maximum atomic E-state index is 11.8. The van der Waals surface area contributed by atoms with Crippen molar-refractivity contribution in [2.75, 3.05) is 7.11 Å². The van der Waals surface area contributed by atoms with Gasteiger partial charge in [-0.1, -0.05) is 6.92 Å². The Balaban J connectivity index is 2.22. The SMILES string of the molecule is COC(=O)[C@]1(C)OC(=O)[C@@]2(C[C@H]1C)O[C@@H]2C. The van der Waals surface area contributed by atoms with E-state index in [1.54, 1.807) is 6.92 Å². The van der Waals surface area contributed by atoms with Crippen LogP contribution in [0.25, 0.3) is 0 Å². The molecule has 16 heavy (non-hydrogen) atoms. The lowest BCUT2D eigenvalue weighted by molar-refractivity contribution is -0.198. The molecule has 0 aromatic carbocycles. The Morgan fingerprint density at radius 2 is 2.06 bits per heavy atom. The summed E-state index contributed by atoms with van der Waals surface area (Å²) < 4.78 is 15.2. The molecule has 2 rings (SSSR count). The average Bonchev–Trinajstić information content (AvgIpc) is 2.86. The lowest BCUT2D eigenvalue weighted by Gasteiger charge is -2.38. The van der Waals surface area contributed by atoms with E-state index in [0.717, 1.165) is 0 Å². The third-order valence-corrected chi connectivity index (χ3v) is 3.78. The molecule has 0 aromatic heterocycles. The number of cyclic esters (lactones) is 1. The fourth-order valence-electron chi connectivity index (χ4n) is 2.27. The summed E-state index contributed by atoms with van der Waals surface area (Å²) >= 11 is 0. The zero-order valence-corrected chi connectivity index (χ0v) is 9.90. The highest BCUT2D eigenvalue weighted by Crippen LogP contribution is 2.49. The first-order valence-electron chi connectivity index (χ1n) is 5.36. The van der Waals surface area contributed by atoms with Crippen molar-refractivity contribution in [2.24, 2.45) is 5.92 Å². The summed E-state index contributed by atoms with van der Waals surface area (Å²) in [5.74, 6) is -1.09. The molecule has 0 radical (unpaired) electrons. The summed E-state index contributed by atoms with van der Waals surface area (Å²) in [6.07, 6.45) is 0.378. The minimum absolute atomic E-state index is 0.121. The van der Waals surface area contributed by atoms with Gasteiger partial charge in [-0.05, 0) is 20.3 Å². The van der Waals surface area contributed by atoms with Gasteiger partial charge in [0.05, 0.1) is 13.2 Å². The second-order valence-electron chi connectivity index (χ2n) is 4.74. The van der Waals surface area contributed by atoms with Crippen LogP contribution in [0.3, 0.4) is 0 Å². The average molecular weight is 228 g/mol. The molecule has 0 saturated carbocycles. The van der Waals surface area contributed by atoms with Crippen molar-refractivity contribution in [1.29, 1.82) is 0 Å². The van der Waals surface area contributed by atoms with Gasteiger partial charge in [-0.15, -0.1) is 0 Å². The zero-order valence-electron chi connectivity index (χ0n) is 9.90. The van der Waals surface area contributed by atoms with E-state index in [9.17, 15) is 9.59 Å². The van der Waals surface area contributed by atoms with Crippen LogP contribution >= 0.6 is 0 Å². The molecule has 5 heteroatoms. The Morgan fingerprint density at radius 1 is 1.50 bits per heavy atom. The van der Waals surface area contributed by atoms with Crippen molar-refractivity contribution in [3.05, 3.63) is 0 Å². The predicted molar refractivity (Wildman–Crippen MR) is 53.6 cm³/mol. The van der Waals surface area contributed by atoms with Gasteiger partial charge >= 0.3 is 11.9 Å². The first kappa shape index (κ1) is 11.4. The van der Waals surface area contributed by atoms with E-state index >= 15 is 0 Å². The molecule has 1 spiro atoms. The van der Waals surface area contributed by atoms with E-state index in [-0.39, 0.29) is 12.0 Å². The number of epoxide rings is 1. The van der Waals surface area contributed by atoms with E-state index in [2.05, 4.69) is 4.74 Å². The summed E-state index contributed by atoms with van der Waals surface area (Å²) in [7, 11) is 1.29.